The molecule has 1 saturated heterocycles. The summed E-state index contributed by atoms with van der Waals surface area (Å²) in [6.07, 6.45) is 3.51. The van der Waals surface area contributed by atoms with Crippen LogP contribution in [0.3, 0.4) is 0 Å². The van der Waals surface area contributed by atoms with Gasteiger partial charge in [0.1, 0.15) is 11.6 Å². The maximum absolute atomic E-state index is 6.03. The van der Waals surface area contributed by atoms with E-state index in [1.54, 1.807) is 0 Å². The Morgan fingerprint density at radius 1 is 1.09 bits per heavy atom. The minimum absolute atomic E-state index is 0.253. The van der Waals surface area contributed by atoms with Crippen LogP contribution in [-0.2, 0) is 6.54 Å². The summed E-state index contributed by atoms with van der Waals surface area (Å²) in [5, 5.41) is 6.75. The Hall–Kier alpha value is -3.59. The Bertz CT molecular complexity index is 1160. The van der Waals surface area contributed by atoms with Crippen molar-refractivity contribution in [3.8, 4) is 23.1 Å². The molecule has 2 aliphatic heterocycles. The van der Waals surface area contributed by atoms with E-state index in [2.05, 4.69) is 27.4 Å². The molecule has 3 heterocycles. The van der Waals surface area contributed by atoms with Gasteiger partial charge in [-0.05, 0) is 68.2 Å². The molecule has 8 nitrogen and oxygen atoms in total. The van der Waals surface area contributed by atoms with E-state index in [0.29, 0.717) is 35.3 Å². The van der Waals surface area contributed by atoms with E-state index in [9.17, 15) is 0 Å². The molecule has 1 aromatic heterocycles. The molecule has 5 rings (SSSR count). The normalized spacial score (nSPS) is 16.7. The average Bonchev–Trinajstić information content (AvgIpc) is 3.31. The number of ether oxygens (including phenoxy) is 3. The minimum atomic E-state index is 0.253. The summed E-state index contributed by atoms with van der Waals surface area (Å²) in [7, 11) is 0. The number of hydrogen-bond donors (Lipinski definition) is 2. The van der Waals surface area contributed by atoms with Gasteiger partial charge in [-0.3, -0.25) is 0 Å². The molecule has 0 bridgehead atoms. The molecular weight excluding hydrogens is 450 g/mol. The van der Waals surface area contributed by atoms with Crippen molar-refractivity contribution in [2.75, 3.05) is 23.6 Å². The Balaban J connectivity index is 1.31. The highest BCUT2D eigenvalue weighted by molar-refractivity contribution is 7.80. The first-order valence-corrected chi connectivity index (χ1v) is 11.9. The summed E-state index contributed by atoms with van der Waals surface area (Å²) in [5.74, 6) is 3.90. The number of nitrogens with zero attached hydrogens (tertiary/aromatic N) is 3. The topological polar surface area (TPSA) is 80.8 Å². The first-order chi connectivity index (χ1) is 16.6. The maximum Gasteiger partial charge on any atom is 0.234 e. The number of benzene rings is 2. The minimum Gasteiger partial charge on any atom is -0.454 e. The van der Waals surface area contributed by atoms with Gasteiger partial charge in [0, 0.05) is 25.2 Å². The third-order valence-corrected chi connectivity index (χ3v) is 6.11. The number of rotatable bonds is 6. The van der Waals surface area contributed by atoms with Crippen LogP contribution in [0.2, 0.25) is 0 Å². The van der Waals surface area contributed by atoms with E-state index in [0.717, 1.165) is 42.3 Å². The first-order valence-electron chi connectivity index (χ1n) is 11.5. The largest absolute Gasteiger partial charge is 0.454 e. The van der Waals surface area contributed by atoms with Crippen molar-refractivity contribution in [3.05, 3.63) is 60.2 Å². The SMILES string of the molecule is CC1CCCCN1c1cc(Oc2ccccc2)nc(NC(=S)NCc2ccc3c(c2)OCO3)n1. The summed E-state index contributed by atoms with van der Waals surface area (Å²) in [6.45, 7) is 3.96. The number of hydrogen-bond acceptors (Lipinski definition) is 7. The number of piperidine rings is 1. The van der Waals surface area contributed by atoms with Crippen LogP contribution in [0.4, 0.5) is 11.8 Å². The molecule has 2 N–H and O–H groups in total. The van der Waals surface area contributed by atoms with Crippen LogP contribution in [0.25, 0.3) is 0 Å². The van der Waals surface area contributed by atoms with Crippen molar-refractivity contribution in [2.24, 2.45) is 0 Å². The second-order valence-corrected chi connectivity index (χ2v) is 8.74. The molecule has 0 saturated carbocycles. The summed E-state index contributed by atoms with van der Waals surface area (Å²) in [6, 6.07) is 17.7. The summed E-state index contributed by atoms with van der Waals surface area (Å²) in [5.41, 5.74) is 1.03. The van der Waals surface area contributed by atoms with Gasteiger partial charge in [0.2, 0.25) is 18.6 Å². The van der Waals surface area contributed by atoms with Gasteiger partial charge in [-0.25, -0.2) is 0 Å². The van der Waals surface area contributed by atoms with E-state index >= 15 is 0 Å². The van der Waals surface area contributed by atoms with Crippen LogP contribution in [0, 0.1) is 0 Å². The molecule has 176 valence electrons. The van der Waals surface area contributed by atoms with Gasteiger partial charge in [0.25, 0.3) is 0 Å². The molecule has 2 aliphatic rings. The van der Waals surface area contributed by atoms with E-state index in [1.165, 1.54) is 6.42 Å². The molecule has 0 spiro atoms. The summed E-state index contributed by atoms with van der Waals surface area (Å²) >= 11 is 5.52. The van der Waals surface area contributed by atoms with Gasteiger partial charge in [-0.15, -0.1) is 0 Å². The lowest BCUT2D eigenvalue weighted by molar-refractivity contribution is 0.174. The van der Waals surface area contributed by atoms with Crippen molar-refractivity contribution in [3.63, 3.8) is 0 Å². The van der Waals surface area contributed by atoms with Gasteiger partial charge in [-0.1, -0.05) is 24.3 Å². The van der Waals surface area contributed by atoms with Crippen molar-refractivity contribution >= 4 is 29.1 Å². The first kappa shape index (κ1) is 22.2. The molecule has 1 unspecified atom stereocenters. The van der Waals surface area contributed by atoms with Crippen molar-refractivity contribution in [2.45, 2.75) is 38.8 Å². The van der Waals surface area contributed by atoms with Gasteiger partial charge >= 0.3 is 0 Å². The number of para-hydroxylation sites is 1. The van der Waals surface area contributed by atoms with Crippen molar-refractivity contribution in [1.29, 1.82) is 0 Å². The fraction of sp³-hybridized carbons (Fsp3) is 0.320. The molecule has 3 aromatic rings. The fourth-order valence-electron chi connectivity index (χ4n) is 4.09. The molecule has 1 atom stereocenters. The predicted molar refractivity (Wildman–Crippen MR) is 135 cm³/mol. The quantitative estimate of drug-likeness (QED) is 0.484. The lowest BCUT2D eigenvalue weighted by Crippen LogP contribution is -2.38. The summed E-state index contributed by atoms with van der Waals surface area (Å²) < 4.78 is 16.8. The van der Waals surface area contributed by atoms with Crippen LogP contribution in [0.15, 0.2) is 54.6 Å². The molecular formula is C25H27N5O3S. The monoisotopic (exact) mass is 477 g/mol. The standard InChI is InChI=1S/C25H27N5O3S/c1-17-7-5-6-12-30(17)22-14-23(33-19-8-3-2-4-9-19)28-24(27-22)29-25(34)26-15-18-10-11-20-21(13-18)32-16-31-20/h2-4,8-11,13-14,17H,5-7,12,15-16H2,1H3,(H2,26,27,28,29,34). The molecule has 0 amide bonds. The maximum atomic E-state index is 6.03. The molecule has 34 heavy (non-hydrogen) atoms. The zero-order valence-corrected chi connectivity index (χ0v) is 19.8. The summed E-state index contributed by atoms with van der Waals surface area (Å²) in [4.78, 5) is 11.6. The zero-order chi connectivity index (χ0) is 23.3. The Kier molecular flexibility index (Phi) is 6.62. The zero-order valence-electron chi connectivity index (χ0n) is 19.0. The molecule has 0 aliphatic carbocycles. The van der Waals surface area contributed by atoms with Crippen LogP contribution < -0.4 is 29.7 Å². The van der Waals surface area contributed by atoms with Crippen LogP contribution in [-0.4, -0.2) is 34.5 Å². The highest BCUT2D eigenvalue weighted by Crippen LogP contribution is 2.32. The smallest absolute Gasteiger partial charge is 0.234 e. The Labute approximate surface area is 204 Å². The average molecular weight is 478 g/mol. The highest BCUT2D eigenvalue weighted by Gasteiger charge is 2.22. The van der Waals surface area contributed by atoms with Crippen LogP contribution in [0.1, 0.15) is 31.7 Å². The number of fused-ring (bicyclic) bond motifs is 1. The second kappa shape index (κ2) is 10.1. The van der Waals surface area contributed by atoms with E-state index in [-0.39, 0.29) is 6.79 Å². The van der Waals surface area contributed by atoms with E-state index in [1.807, 2.05) is 54.6 Å². The van der Waals surface area contributed by atoms with E-state index in [4.69, 9.17) is 31.4 Å². The molecule has 2 aromatic carbocycles. The highest BCUT2D eigenvalue weighted by atomic mass is 32.1. The fourth-order valence-corrected chi connectivity index (χ4v) is 4.26. The number of aromatic nitrogens is 2. The third-order valence-electron chi connectivity index (χ3n) is 5.87. The number of nitrogens with one attached hydrogen (secondary N) is 2. The molecule has 9 heteroatoms. The van der Waals surface area contributed by atoms with Gasteiger partial charge < -0.3 is 29.7 Å². The predicted octanol–water partition coefficient (Wildman–Crippen LogP) is 4.86. The van der Waals surface area contributed by atoms with E-state index < -0.39 is 0 Å². The van der Waals surface area contributed by atoms with Crippen molar-refractivity contribution < 1.29 is 14.2 Å². The molecule has 0 radical (unpaired) electrons. The third kappa shape index (κ3) is 5.31. The lowest BCUT2D eigenvalue weighted by Gasteiger charge is -2.34. The Morgan fingerprint density at radius 2 is 1.94 bits per heavy atom. The van der Waals surface area contributed by atoms with Crippen LogP contribution >= 0.6 is 12.2 Å². The van der Waals surface area contributed by atoms with Crippen molar-refractivity contribution in [1.82, 2.24) is 15.3 Å². The lowest BCUT2D eigenvalue weighted by atomic mass is 10.0. The number of anilines is 2. The second-order valence-electron chi connectivity index (χ2n) is 8.34. The van der Waals surface area contributed by atoms with Crippen LogP contribution in [0.5, 0.6) is 23.1 Å². The van der Waals surface area contributed by atoms with Gasteiger partial charge in [0.05, 0.1) is 0 Å². The van der Waals surface area contributed by atoms with Gasteiger partial charge in [-0.2, -0.15) is 9.97 Å². The number of thiocarbonyl (C=S) groups is 1. The Morgan fingerprint density at radius 3 is 2.79 bits per heavy atom. The van der Waals surface area contributed by atoms with Gasteiger partial charge in [0.15, 0.2) is 16.6 Å². The molecule has 1 fully saturated rings.